The number of halogens is 2. The number of hydrogen-bond donors (Lipinski definition) is 0. The van der Waals surface area contributed by atoms with Crippen LogP contribution in [-0.2, 0) is 13.1 Å². The third-order valence-corrected chi connectivity index (χ3v) is 4.58. The Labute approximate surface area is 154 Å². The molecule has 0 aliphatic rings. The van der Waals surface area contributed by atoms with Gasteiger partial charge in [0.15, 0.2) is 0 Å². The first-order chi connectivity index (χ1) is 11.5. The summed E-state index contributed by atoms with van der Waals surface area (Å²) in [6, 6.07) is 15.1. The smallest absolute Gasteiger partial charge is 0.267 e. The number of aromatic nitrogens is 3. The molecule has 0 unspecified atom stereocenters. The van der Waals surface area contributed by atoms with Crippen molar-refractivity contribution in [3.05, 3.63) is 95.6 Å². The van der Waals surface area contributed by atoms with E-state index >= 15 is 0 Å². The minimum atomic E-state index is -0.423. The summed E-state index contributed by atoms with van der Waals surface area (Å²) < 4.78 is 4.39. The second-order valence-corrected chi connectivity index (χ2v) is 7.09. The SMILES string of the molecule is O=c1cnn(Cc2ccc(Br)cc2)c(=O)n1Cc1ccc(Br)cc1. The van der Waals surface area contributed by atoms with Crippen LogP contribution in [0.2, 0.25) is 0 Å². The zero-order valence-electron chi connectivity index (χ0n) is 12.5. The van der Waals surface area contributed by atoms with Gasteiger partial charge in [-0.3, -0.25) is 9.36 Å². The molecule has 0 atom stereocenters. The lowest BCUT2D eigenvalue weighted by molar-refractivity contribution is 0.541. The van der Waals surface area contributed by atoms with Crippen molar-refractivity contribution in [3.8, 4) is 0 Å². The van der Waals surface area contributed by atoms with E-state index < -0.39 is 11.2 Å². The lowest BCUT2D eigenvalue weighted by atomic mass is 10.2. The Bertz CT molecular complexity index is 961. The topological polar surface area (TPSA) is 56.9 Å². The molecule has 0 N–H and O–H groups in total. The van der Waals surface area contributed by atoms with E-state index in [0.717, 1.165) is 20.1 Å². The highest BCUT2D eigenvalue weighted by atomic mass is 79.9. The number of rotatable bonds is 4. The molecule has 24 heavy (non-hydrogen) atoms. The zero-order chi connectivity index (χ0) is 17.1. The van der Waals surface area contributed by atoms with Crippen molar-refractivity contribution in [1.82, 2.24) is 14.3 Å². The van der Waals surface area contributed by atoms with Crippen molar-refractivity contribution in [2.45, 2.75) is 13.1 Å². The van der Waals surface area contributed by atoms with Gasteiger partial charge in [-0.15, -0.1) is 0 Å². The van der Waals surface area contributed by atoms with Crippen molar-refractivity contribution in [1.29, 1.82) is 0 Å². The third-order valence-electron chi connectivity index (χ3n) is 3.52. The molecule has 2 aromatic carbocycles. The largest absolute Gasteiger partial charge is 0.348 e. The Morgan fingerprint density at radius 3 is 1.83 bits per heavy atom. The van der Waals surface area contributed by atoms with Gasteiger partial charge in [0.2, 0.25) is 0 Å². The van der Waals surface area contributed by atoms with E-state index in [-0.39, 0.29) is 6.54 Å². The first-order valence-corrected chi connectivity index (χ1v) is 8.77. The molecule has 1 aromatic heterocycles. The van der Waals surface area contributed by atoms with Gasteiger partial charge in [-0.25, -0.2) is 9.48 Å². The lowest BCUT2D eigenvalue weighted by Crippen LogP contribution is -2.41. The fourth-order valence-electron chi connectivity index (χ4n) is 2.26. The molecule has 0 fully saturated rings. The molecule has 0 aliphatic heterocycles. The maximum atomic E-state index is 12.6. The molecule has 122 valence electrons. The van der Waals surface area contributed by atoms with Gasteiger partial charge in [-0.05, 0) is 35.4 Å². The Hall–Kier alpha value is -1.99. The van der Waals surface area contributed by atoms with Crippen LogP contribution in [0.25, 0.3) is 0 Å². The molecule has 0 radical (unpaired) electrons. The Morgan fingerprint density at radius 2 is 1.29 bits per heavy atom. The van der Waals surface area contributed by atoms with Crippen molar-refractivity contribution in [2.24, 2.45) is 0 Å². The summed E-state index contributed by atoms with van der Waals surface area (Å²) in [5.41, 5.74) is 0.976. The van der Waals surface area contributed by atoms with Crippen LogP contribution in [0.15, 0.2) is 73.3 Å². The number of benzene rings is 2. The lowest BCUT2D eigenvalue weighted by Gasteiger charge is -2.09. The van der Waals surface area contributed by atoms with E-state index in [1.54, 1.807) is 0 Å². The summed E-state index contributed by atoms with van der Waals surface area (Å²) in [5, 5.41) is 3.96. The summed E-state index contributed by atoms with van der Waals surface area (Å²) >= 11 is 6.74. The van der Waals surface area contributed by atoms with Gasteiger partial charge in [0.1, 0.15) is 6.20 Å². The van der Waals surface area contributed by atoms with Crippen LogP contribution in [0.3, 0.4) is 0 Å². The molecule has 0 spiro atoms. The molecular formula is C17H13Br2N3O2. The number of hydrogen-bond acceptors (Lipinski definition) is 3. The van der Waals surface area contributed by atoms with Gasteiger partial charge in [0.25, 0.3) is 5.56 Å². The van der Waals surface area contributed by atoms with Gasteiger partial charge in [-0.2, -0.15) is 5.10 Å². The van der Waals surface area contributed by atoms with Crippen molar-refractivity contribution < 1.29 is 0 Å². The molecule has 0 bridgehead atoms. The van der Waals surface area contributed by atoms with E-state index in [4.69, 9.17) is 0 Å². The van der Waals surface area contributed by atoms with Gasteiger partial charge >= 0.3 is 5.69 Å². The average Bonchev–Trinajstić information content (AvgIpc) is 2.58. The maximum absolute atomic E-state index is 12.6. The molecule has 1 heterocycles. The van der Waals surface area contributed by atoms with Crippen LogP contribution in [0.5, 0.6) is 0 Å². The third kappa shape index (κ3) is 3.91. The van der Waals surface area contributed by atoms with Crippen LogP contribution in [0.1, 0.15) is 11.1 Å². The minimum Gasteiger partial charge on any atom is -0.267 e. The molecule has 0 saturated carbocycles. The molecular weight excluding hydrogens is 438 g/mol. The summed E-state index contributed by atoms with van der Waals surface area (Å²) in [6.07, 6.45) is 1.18. The molecule has 3 rings (SSSR count). The summed E-state index contributed by atoms with van der Waals surface area (Å²) in [6.45, 7) is 0.528. The van der Waals surface area contributed by atoms with E-state index in [1.807, 2.05) is 48.5 Å². The van der Waals surface area contributed by atoms with Crippen LogP contribution in [-0.4, -0.2) is 14.3 Å². The predicted molar refractivity (Wildman–Crippen MR) is 99.2 cm³/mol. The predicted octanol–water partition coefficient (Wildman–Crippen LogP) is 3.03. The average molecular weight is 451 g/mol. The van der Waals surface area contributed by atoms with E-state index in [2.05, 4.69) is 37.0 Å². The van der Waals surface area contributed by atoms with Crippen LogP contribution < -0.4 is 11.2 Å². The Balaban J connectivity index is 1.92. The standard InChI is InChI=1S/C17H13Br2N3O2/c18-14-5-1-12(2-6-14)10-21-16(23)9-20-22(17(21)24)11-13-3-7-15(19)8-4-13/h1-9H,10-11H2. The molecule has 0 amide bonds. The summed E-state index contributed by atoms with van der Waals surface area (Å²) in [7, 11) is 0. The first kappa shape index (κ1) is 16.9. The minimum absolute atomic E-state index is 0.216. The second-order valence-electron chi connectivity index (χ2n) is 5.26. The van der Waals surface area contributed by atoms with E-state index in [1.165, 1.54) is 15.4 Å². The van der Waals surface area contributed by atoms with Crippen LogP contribution in [0.4, 0.5) is 0 Å². The molecule has 0 saturated heterocycles. The van der Waals surface area contributed by atoms with Gasteiger partial charge in [-0.1, -0.05) is 56.1 Å². The van der Waals surface area contributed by atoms with Gasteiger partial charge in [0.05, 0.1) is 13.1 Å². The Kier molecular flexibility index (Phi) is 5.11. The molecule has 7 heteroatoms. The van der Waals surface area contributed by atoms with Crippen molar-refractivity contribution >= 4 is 31.9 Å². The second kappa shape index (κ2) is 7.27. The summed E-state index contributed by atoms with van der Waals surface area (Å²) in [5.74, 6) is 0. The van der Waals surface area contributed by atoms with Crippen LogP contribution in [0, 0.1) is 0 Å². The fraction of sp³-hybridized carbons (Fsp3) is 0.118. The fourth-order valence-corrected chi connectivity index (χ4v) is 2.79. The number of nitrogens with zero attached hydrogens (tertiary/aromatic N) is 3. The molecule has 3 aromatic rings. The van der Waals surface area contributed by atoms with Crippen molar-refractivity contribution in [2.75, 3.05) is 0 Å². The highest BCUT2D eigenvalue weighted by molar-refractivity contribution is 9.10. The Morgan fingerprint density at radius 1 is 0.792 bits per heavy atom. The highest BCUT2D eigenvalue weighted by Crippen LogP contribution is 2.11. The monoisotopic (exact) mass is 449 g/mol. The quantitative estimate of drug-likeness (QED) is 0.613. The van der Waals surface area contributed by atoms with Gasteiger partial charge < -0.3 is 0 Å². The maximum Gasteiger partial charge on any atom is 0.348 e. The normalized spacial score (nSPS) is 10.8. The van der Waals surface area contributed by atoms with Crippen molar-refractivity contribution in [3.63, 3.8) is 0 Å². The summed E-state index contributed by atoms with van der Waals surface area (Å²) in [4.78, 5) is 24.6. The molecule has 0 aliphatic carbocycles. The van der Waals surface area contributed by atoms with E-state index in [0.29, 0.717) is 6.54 Å². The first-order valence-electron chi connectivity index (χ1n) is 7.19. The zero-order valence-corrected chi connectivity index (χ0v) is 15.7. The highest BCUT2D eigenvalue weighted by Gasteiger charge is 2.08. The molecule has 5 nitrogen and oxygen atoms in total. The van der Waals surface area contributed by atoms with Crippen LogP contribution >= 0.6 is 31.9 Å². The van der Waals surface area contributed by atoms with E-state index in [9.17, 15) is 9.59 Å². The van der Waals surface area contributed by atoms with Gasteiger partial charge in [0, 0.05) is 8.95 Å².